The van der Waals surface area contributed by atoms with Crippen LogP contribution in [0.5, 0.6) is 17.2 Å². The van der Waals surface area contributed by atoms with E-state index < -0.39 is 34.1 Å². The van der Waals surface area contributed by atoms with E-state index >= 15 is 0 Å². The number of ether oxygens (including phenoxy) is 3. The second-order valence-electron chi connectivity index (χ2n) is 23.2. The first-order valence-corrected chi connectivity index (χ1v) is 39.0. The molecule has 0 saturated heterocycles. The average Bonchev–Trinajstić information content (AvgIpc) is 0.871. The van der Waals surface area contributed by atoms with Gasteiger partial charge in [0.05, 0.1) is 87.3 Å². The number of H-pyrrole nitrogens is 1. The van der Waals surface area contributed by atoms with E-state index in [1.807, 2.05) is 140 Å². The van der Waals surface area contributed by atoms with E-state index in [1.54, 1.807) is 70.9 Å². The van der Waals surface area contributed by atoms with E-state index in [9.17, 15) is 28.8 Å². The second-order valence-corrected chi connectivity index (χ2v) is 27.7. The third-order valence-electron chi connectivity index (χ3n) is 16.2. The van der Waals surface area contributed by atoms with Crippen LogP contribution in [0.15, 0.2) is 240 Å². The standard InChI is InChI=1S/C26H24N8O3S.C21H19N5O3S2.C12H13N3O3S.C9H7BrN2S.C6H9N3/c1-37-21-10-6-18(7-11-21)15-33-24(29-13-20-3-2-12-28-23(20)27)31-25(35)34(26(33)36)16-17-4-8-19(9-5-17)22-14-30-32-38-22;1-29-17-9-5-15(6-10-17)13-26-20(30-2)23-19(27)25(21(26)28)12-14-3-7-16(8-4-14)18-11-22-24-31-18;1-18-9-5-3-8(4-6-9)7-15-11(17)13-10(16)14-12(15)19-2;10-5-7-1-3-8(4-2-7)9-6-11-12-13-9;7-4-5-2-1-3-9-6(5)8/h2-12,14H,13,15-16H2,1H3,(H2,27,28)(H,29,31,35);3-11H,12-13H2,1-2H3;3-6H,7H2,1-2H3,(H,13,16,17);1-4,6H,5H2;1-3H,4,7H2,(H2,8,9). The minimum absolute atomic E-state index is 0.0737. The highest BCUT2D eigenvalue weighted by Gasteiger charge is 2.18. The lowest BCUT2D eigenvalue weighted by Crippen LogP contribution is -2.43. The smallest absolute Gasteiger partial charge is 0.355 e. The summed E-state index contributed by atoms with van der Waals surface area (Å²) in [5.41, 5.74) is 23.9. The average molecular weight is 1640 g/mol. The molecule has 6 aromatic carbocycles. The third-order valence-corrected chi connectivity index (χ3v) is 20.3. The Morgan fingerprint density at radius 3 is 1.19 bits per heavy atom. The largest absolute Gasteiger partial charge is 0.497 e. The van der Waals surface area contributed by atoms with Gasteiger partial charge in [-0.2, -0.15) is 15.0 Å². The Morgan fingerprint density at radius 2 is 0.818 bits per heavy atom. The number of thioether (sulfide) groups is 2. The molecule has 0 unspecified atom stereocenters. The fourth-order valence-corrected chi connectivity index (χ4v) is 13.3. The molecule has 36 heteroatoms. The van der Waals surface area contributed by atoms with Gasteiger partial charge in [0.25, 0.3) is 0 Å². The predicted octanol–water partition coefficient (Wildman–Crippen LogP) is 9.30. The number of halogens is 1. The van der Waals surface area contributed by atoms with Crippen molar-refractivity contribution in [3.8, 4) is 48.6 Å². The molecule has 0 aliphatic carbocycles. The molecule has 0 amide bonds. The molecule has 14 rings (SSSR count). The summed E-state index contributed by atoms with van der Waals surface area (Å²) in [6, 6.07) is 53.0. The molecule has 8 aromatic heterocycles. The van der Waals surface area contributed by atoms with Crippen LogP contribution in [0.3, 0.4) is 0 Å². The normalized spacial score (nSPS) is 10.6. The van der Waals surface area contributed by atoms with Crippen molar-refractivity contribution in [3.05, 3.63) is 308 Å². The zero-order chi connectivity index (χ0) is 77.9. The van der Waals surface area contributed by atoms with Crippen molar-refractivity contribution in [2.45, 2.75) is 61.5 Å². The SMILES string of the molecule is BrCc1ccc(-c2cnns2)cc1.COc1ccc(Cn2c(NCc3cccnc3N)nc(=O)n(Cc3ccc(-c4cnns4)cc3)c2=O)cc1.COc1ccc(Cn2c(SC)nc(=O)[nH]c2=O)cc1.COc1ccc(Cn2c(SC)nc(=O)n(Cc3ccc(-c4cnns4)cc3)c2=O)cc1.NCc1cccnc1N. The Hall–Kier alpha value is -11.9. The molecule has 0 fully saturated rings. The highest BCUT2D eigenvalue weighted by molar-refractivity contribution is 9.08. The van der Waals surface area contributed by atoms with Gasteiger partial charge in [0.2, 0.25) is 5.95 Å². The number of anilines is 3. The van der Waals surface area contributed by atoms with Crippen molar-refractivity contribution in [1.82, 2.24) is 81.5 Å². The first-order valence-electron chi connectivity index (χ1n) is 33.1. The number of alkyl halides is 1. The number of nitrogens with one attached hydrogen (secondary N) is 2. The van der Waals surface area contributed by atoms with Gasteiger partial charge < -0.3 is 36.7 Å². The molecule has 14 aromatic rings. The molecule has 564 valence electrons. The predicted molar refractivity (Wildman–Crippen MR) is 434 cm³/mol. The number of rotatable bonds is 23. The lowest BCUT2D eigenvalue weighted by Gasteiger charge is -2.16. The van der Waals surface area contributed by atoms with Crippen molar-refractivity contribution < 1.29 is 14.2 Å². The van der Waals surface area contributed by atoms with Crippen LogP contribution in [0.2, 0.25) is 0 Å². The van der Waals surface area contributed by atoms with Crippen molar-refractivity contribution >= 4 is 91.6 Å². The van der Waals surface area contributed by atoms with Crippen LogP contribution in [-0.4, -0.2) is 115 Å². The van der Waals surface area contributed by atoms with Crippen LogP contribution < -0.4 is 70.9 Å². The van der Waals surface area contributed by atoms with E-state index in [0.717, 1.165) is 90.7 Å². The number of pyridine rings is 2. The van der Waals surface area contributed by atoms with E-state index in [-0.39, 0.29) is 32.1 Å². The molecule has 0 aliphatic rings. The summed E-state index contributed by atoms with van der Waals surface area (Å²) in [6.07, 6.45) is 12.0. The van der Waals surface area contributed by atoms with Crippen molar-refractivity contribution in [2.75, 3.05) is 50.6 Å². The molecule has 110 heavy (non-hydrogen) atoms. The van der Waals surface area contributed by atoms with Crippen LogP contribution in [0, 0.1) is 0 Å². The Kier molecular flexibility index (Phi) is 29.5. The van der Waals surface area contributed by atoms with Gasteiger partial charge in [-0.1, -0.05) is 174 Å². The summed E-state index contributed by atoms with van der Waals surface area (Å²) in [5, 5.41) is 16.3. The summed E-state index contributed by atoms with van der Waals surface area (Å²) in [5.74, 6) is 3.22. The van der Waals surface area contributed by atoms with E-state index in [0.29, 0.717) is 47.3 Å². The Labute approximate surface area is 657 Å². The molecule has 8 N–H and O–H groups in total. The highest BCUT2D eigenvalue weighted by atomic mass is 79.9. The van der Waals surface area contributed by atoms with Gasteiger partial charge in [-0.05, 0) is 146 Å². The number of nitrogens with zero attached hydrogens (tertiary/aromatic N) is 16. The lowest BCUT2D eigenvalue weighted by atomic mass is 10.1. The third kappa shape index (κ3) is 22.1. The van der Waals surface area contributed by atoms with Gasteiger partial charge in [-0.15, -0.1) is 15.3 Å². The summed E-state index contributed by atoms with van der Waals surface area (Å²) in [7, 11) is 4.79. The van der Waals surface area contributed by atoms with Gasteiger partial charge in [0.15, 0.2) is 10.3 Å². The molecule has 0 aliphatic heterocycles. The molecule has 0 spiro atoms. The fraction of sp³-hybridized carbons (Fsp3) is 0.176. The number of aromatic amines is 1. The van der Waals surface area contributed by atoms with Crippen LogP contribution in [0.25, 0.3) is 31.3 Å². The first kappa shape index (κ1) is 80.6. The monoisotopic (exact) mass is 1640 g/mol. The minimum Gasteiger partial charge on any atom is -0.497 e. The quantitative estimate of drug-likeness (QED) is 0.0294. The second kappa shape index (κ2) is 40.3. The number of hydrogen-bond acceptors (Lipinski definition) is 29. The van der Waals surface area contributed by atoms with Gasteiger partial charge in [-0.3, -0.25) is 18.7 Å². The number of benzene rings is 6. The van der Waals surface area contributed by atoms with Gasteiger partial charge in [-0.25, -0.2) is 47.9 Å². The summed E-state index contributed by atoms with van der Waals surface area (Å²) in [6.45, 7) is 1.77. The number of nitrogens with two attached hydrogens (primary N) is 3. The first-order chi connectivity index (χ1) is 53.5. The van der Waals surface area contributed by atoms with Crippen molar-refractivity contribution in [1.29, 1.82) is 0 Å². The minimum atomic E-state index is -0.654. The van der Waals surface area contributed by atoms with Crippen molar-refractivity contribution in [2.24, 2.45) is 5.73 Å². The Bertz CT molecular complexity index is 5640. The maximum atomic E-state index is 13.6. The van der Waals surface area contributed by atoms with Gasteiger partial charge in [0, 0.05) is 41.9 Å². The zero-order valence-electron chi connectivity index (χ0n) is 59.7. The van der Waals surface area contributed by atoms with Crippen LogP contribution in [0.1, 0.15) is 44.5 Å². The van der Waals surface area contributed by atoms with Gasteiger partial charge >= 0.3 is 34.1 Å². The molecule has 0 saturated carbocycles. The molecular formula is C74H72BrN21O9S5. The fourth-order valence-electron chi connectivity index (χ4n) is 10.3. The number of hydrogen-bond donors (Lipinski definition) is 5. The lowest BCUT2D eigenvalue weighted by molar-refractivity contribution is 0.414. The molecule has 0 atom stereocenters. The summed E-state index contributed by atoms with van der Waals surface area (Å²) >= 11 is 9.96. The zero-order valence-corrected chi connectivity index (χ0v) is 65.4. The molecular weight excluding hydrogens is 1570 g/mol. The van der Waals surface area contributed by atoms with Crippen LogP contribution in [-0.2, 0) is 51.1 Å². The molecule has 30 nitrogen and oxygen atoms in total. The number of nitrogen functional groups attached to an aromatic ring is 2. The van der Waals surface area contributed by atoms with E-state index in [2.05, 4.69) is 104 Å². The van der Waals surface area contributed by atoms with Crippen molar-refractivity contribution in [3.63, 3.8) is 0 Å². The molecule has 8 heterocycles. The topological polar surface area (TPSA) is 402 Å². The van der Waals surface area contributed by atoms with E-state index in [4.69, 9.17) is 31.4 Å². The van der Waals surface area contributed by atoms with E-state index in [1.165, 1.54) is 82.9 Å². The summed E-state index contributed by atoms with van der Waals surface area (Å²) < 4.78 is 33.7. The molecule has 0 radical (unpaired) electrons. The maximum absolute atomic E-state index is 13.6. The Morgan fingerprint density at radius 1 is 0.455 bits per heavy atom. The van der Waals surface area contributed by atoms with Crippen LogP contribution in [0.4, 0.5) is 17.6 Å². The number of aromatic nitrogens is 17. The van der Waals surface area contributed by atoms with Crippen LogP contribution >= 0.6 is 74.1 Å². The number of methoxy groups -OCH3 is 3. The molecule has 0 bridgehead atoms. The summed E-state index contributed by atoms with van der Waals surface area (Å²) in [4.78, 5) is 101. The van der Waals surface area contributed by atoms with Gasteiger partial charge in [0.1, 0.15) is 28.9 Å². The Balaban J connectivity index is 0.000000159. The highest BCUT2D eigenvalue weighted by Crippen LogP contribution is 2.26. The maximum Gasteiger partial charge on any atom is 0.355 e.